The summed E-state index contributed by atoms with van der Waals surface area (Å²) < 4.78 is 9.00. The lowest BCUT2D eigenvalue weighted by molar-refractivity contribution is 0.340. The monoisotopic (exact) mass is 533 g/mol. The number of ether oxygens (including phenoxy) is 1. The van der Waals surface area contributed by atoms with Crippen molar-refractivity contribution in [1.82, 2.24) is 24.4 Å². The average molecular weight is 534 g/mol. The third-order valence-electron chi connectivity index (χ3n) is 6.15. The fourth-order valence-corrected chi connectivity index (χ4v) is 5.18. The molecule has 0 atom stereocenters. The Morgan fingerprint density at radius 3 is 2.33 bits per heavy atom. The summed E-state index contributed by atoms with van der Waals surface area (Å²) in [5.74, 6) is 0.772. The van der Waals surface area contributed by atoms with Crippen LogP contribution in [-0.4, -0.2) is 31.0 Å². The van der Waals surface area contributed by atoms with Crippen molar-refractivity contribution >= 4 is 22.4 Å². The molecule has 0 fully saturated rings. The van der Waals surface area contributed by atoms with Crippen LogP contribution >= 0.6 is 11.3 Å². The summed E-state index contributed by atoms with van der Waals surface area (Å²) in [7, 11) is 0. The van der Waals surface area contributed by atoms with E-state index in [-0.39, 0.29) is 16.2 Å². The van der Waals surface area contributed by atoms with Crippen molar-refractivity contribution in [1.29, 1.82) is 0 Å². The average Bonchev–Trinajstić information content (AvgIpc) is 3.51. The van der Waals surface area contributed by atoms with Crippen LogP contribution in [0.2, 0.25) is 0 Å². The predicted molar refractivity (Wildman–Crippen MR) is 152 cm³/mol. The minimum Gasteiger partial charge on any atom is -0.494 e. The Bertz CT molecular complexity index is 1930. The Hall–Kier alpha value is -4.89. The molecule has 0 saturated heterocycles. The maximum atomic E-state index is 13.4. The standard InChI is InChI=1S/C30H23N5O3S/c1-2-38-24-15-13-21(14-16-24)27-22(19-34(33-27)23-11-7-4-8-12-23)18-26-29(37)35-30(39-26)31-28(36)25(32-35)17-20-9-5-3-6-10-20/h3-16,18-19H,2,17H2,1H3. The van der Waals surface area contributed by atoms with E-state index in [9.17, 15) is 9.59 Å². The molecule has 0 bridgehead atoms. The second kappa shape index (κ2) is 10.5. The maximum Gasteiger partial charge on any atom is 0.296 e. The minimum atomic E-state index is -0.432. The maximum absolute atomic E-state index is 13.4. The molecule has 0 amide bonds. The Labute approximate surface area is 227 Å². The summed E-state index contributed by atoms with van der Waals surface area (Å²) in [6.45, 7) is 2.52. The summed E-state index contributed by atoms with van der Waals surface area (Å²) in [6.07, 6.45) is 3.97. The van der Waals surface area contributed by atoms with Gasteiger partial charge in [0.15, 0.2) is 0 Å². The van der Waals surface area contributed by atoms with Gasteiger partial charge < -0.3 is 4.74 Å². The van der Waals surface area contributed by atoms with Gasteiger partial charge in [-0.3, -0.25) is 9.59 Å². The number of hydrogen-bond donors (Lipinski definition) is 0. The zero-order valence-electron chi connectivity index (χ0n) is 21.0. The van der Waals surface area contributed by atoms with E-state index in [4.69, 9.17) is 9.84 Å². The van der Waals surface area contributed by atoms with Gasteiger partial charge in [0, 0.05) is 23.7 Å². The highest BCUT2D eigenvalue weighted by Crippen LogP contribution is 2.26. The number of fused-ring (bicyclic) bond motifs is 1. The fraction of sp³-hybridized carbons (Fsp3) is 0.100. The van der Waals surface area contributed by atoms with Crippen LogP contribution < -0.4 is 20.4 Å². The van der Waals surface area contributed by atoms with Gasteiger partial charge in [-0.1, -0.05) is 59.9 Å². The quantitative estimate of drug-likeness (QED) is 0.309. The molecule has 3 heterocycles. The van der Waals surface area contributed by atoms with Gasteiger partial charge in [-0.15, -0.1) is 0 Å². The number of thiazole rings is 1. The number of aromatic nitrogens is 5. The Morgan fingerprint density at radius 2 is 1.62 bits per heavy atom. The predicted octanol–water partition coefficient (Wildman–Crippen LogP) is 3.90. The lowest BCUT2D eigenvalue weighted by atomic mass is 10.1. The highest BCUT2D eigenvalue weighted by atomic mass is 32.1. The van der Waals surface area contributed by atoms with E-state index in [0.29, 0.717) is 23.3 Å². The van der Waals surface area contributed by atoms with Gasteiger partial charge in [-0.2, -0.15) is 19.7 Å². The smallest absolute Gasteiger partial charge is 0.296 e. The molecule has 0 spiro atoms. The Kier molecular flexibility index (Phi) is 6.56. The van der Waals surface area contributed by atoms with Crippen molar-refractivity contribution in [3.8, 4) is 22.7 Å². The summed E-state index contributed by atoms with van der Waals surface area (Å²) in [5, 5.41) is 9.22. The zero-order chi connectivity index (χ0) is 26.8. The highest BCUT2D eigenvalue weighted by molar-refractivity contribution is 7.15. The molecule has 6 rings (SSSR count). The van der Waals surface area contributed by atoms with E-state index in [1.165, 1.54) is 4.52 Å². The van der Waals surface area contributed by atoms with E-state index in [2.05, 4.69) is 10.1 Å². The molecular formula is C30H23N5O3S. The molecule has 3 aromatic heterocycles. The number of rotatable bonds is 7. The number of para-hydroxylation sites is 1. The van der Waals surface area contributed by atoms with Crippen molar-refractivity contribution in [2.45, 2.75) is 13.3 Å². The molecule has 0 saturated carbocycles. The summed E-state index contributed by atoms with van der Waals surface area (Å²) in [6, 6.07) is 27.0. The van der Waals surface area contributed by atoms with Crippen LogP contribution in [0, 0.1) is 0 Å². The van der Waals surface area contributed by atoms with Crippen LogP contribution in [0.4, 0.5) is 0 Å². The third kappa shape index (κ3) is 4.99. The number of benzene rings is 3. The number of nitrogens with zero attached hydrogens (tertiary/aromatic N) is 5. The van der Waals surface area contributed by atoms with Crippen LogP contribution in [0.1, 0.15) is 23.7 Å². The van der Waals surface area contributed by atoms with Crippen molar-refractivity contribution in [2.75, 3.05) is 6.61 Å². The van der Waals surface area contributed by atoms with E-state index >= 15 is 0 Å². The van der Waals surface area contributed by atoms with Gasteiger partial charge in [0.1, 0.15) is 17.1 Å². The number of hydrogen-bond acceptors (Lipinski definition) is 7. The second-order valence-corrected chi connectivity index (χ2v) is 9.82. The van der Waals surface area contributed by atoms with E-state index in [1.807, 2.05) is 98.0 Å². The molecule has 0 aliphatic heterocycles. The van der Waals surface area contributed by atoms with E-state index in [1.54, 1.807) is 10.8 Å². The second-order valence-electron chi connectivity index (χ2n) is 8.81. The Morgan fingerprint density at radius 1 is 0.897 bits per heavy atom. The first-order valence-electron chi connectivity index (χ1n) is 12.5. The van der Waals surface area contributed by atoms with Gasteiger partial charge in [0.05, 0.1) is 16.8 Å². The highest BCUT2D eigenvalue weighted by Gasteiger charge is 2.15. The largest absolute Gasteiger partial charge is 0.494 e. The first-order valence-corrected chi connectivity index (χ1v) is 13.3. The molecule has 39 heavy (non-hydrogen) atoms. The molecular weight excluding hydrogens is 510 g/mol. The SMILES string of the molecule is CCOc1ccc(-c2nn(-c3ccccc3)cc2C=c2sc3nc(=O)c(Cc4ccccc4)nn3c2=O)cc1. The topological polar surface area (TPSA) is 91.4 Å². The van der Waals surface area contributed by atoms with Gasteiger partial charge in [0.2, 0.25) is 4.96 Å². The van der Waals surface area contributed by atoms with Crippen LogP contribution in [0.3, 0.4) is 0 Å². The Balaban J connectivity index is 1.47. The van der Waals surface area contributed by atoms with Crippen LogP contribution in [0.5, 0.6) is 5.75 Å². The van der Waals surface area contributed by atoms with E-state index in [0.717, 1.165) is 39.5 Å². The van der Waals surface area contributed by atoms with Crippen molar-refractivity contribution < 1.29 is 4.74 Å². The molecule has 3 aromatic carbocycles. The lowest BCUT2D eigenvalue weighted by Gasteiger charge is -2.04. The third-order valence-corrected chi connectivity index (χ3v) is 7.11. The zero-order valence-corrected chi connectivity index (χ0v) is 21.8. The molecule has 9 heteroatoms. The molecule has 0 aliphatic rings. The normalized spacial score (nSPS) is 11.8. The molecule has 0 radical (unpaired) electrons. The minimum absolute atomic E-state index is 0.229. The first-order chi connectivity index (χ1) is 19.1. The van der Waals surface area contributed by atoms with Gasteiger partial charge >= 0.3 is 0 Å². The molecule has 0 unspecified atom stereocenters. The molecule has 0 N–H and O–H groups in total. The van der Waals surface area contributed by atoms with Gasteiger partial charge in [0.25, 0.3) is 11.1 Å². The summed E-state index contributed by atoms with van der Waals surface area (Å²) in [4.78, 5) is 30.5. The van der Waals surface area contributed by atoms with Crippen molar-refractivity contribution in [3.63, 3.8) is 0 Å². The van der Waals surface area contributed by atoms with Gasteiger partial charge in [-0.25, -0.2) is 4.68 Å². The van der Waals surface area contributed by atoms with Crippen molar-refractivity contribution in [3.05, 3.63) is 133 Å². The van der Waals surface area contributed by atoms with Gasteiger partial charge in [-0.05, 0) is 55.0 Å². The lowest BCUT2D eigenvalue weighted by Crippen LogP contribution is -2.28. The van der Waals surface area contributed by atoms with Crippen molar-refractivity contribution in [2.24, 2.45) is 0 Å². The molecule has 0 aliphatic carbocycles. The summed E-state index contributed by atoms with van der Waals surface area (Å²) >= 11 is 1.13. The van der Waals surface area contributed by atoms with Crippen LogP contribution in [-0.2, 0) is 6.42 Å². The fourth-order valence-electron chi connectivity index (χ4n) is 4.29. The molecule has 6 aromatic rings. The summed E-state index contributed by atoms with van der Waals surface area (Å²) in [5.41, 5.74) is 3.61. The van der Waals surface area contributed by atoms with Crippen LogP contribution in [0.25, 0.3) is 28.0 Å². The van der Waals surface area contributed by atoms with E-state index < -0.39 is 5.56 Å². The molecule has 192 valence electrons. The molecule has 8 nitrogen and oxygen atoms in total. The first kappa shape index (κ1) is 24.4. The van der Waals surface area contributed by atoms with Crippen LogP contribution in [0.15, 0.2) is 101 Å².